The van der Waals surface area contributed by atoms with Crippen LogP contribution in [0.25, 0.3) is 0 Å². The first kappa shape index (κ1) is 16.1. The number of ether oxygens (including phenoxy) is 1. The molecule has 5 heteroatoms. The van der Waals surface area contributed by atoms with Crippen LogP contribution in [0.5, 0.6) is 0 Å². The quantitative estimate of drug-likeness (QED) is 0.755. The second kappa shape index (κ2) is 5.83. The highest BCUT2D eigenvalue weighted by molar-refractivity contribution is 6.30. The van der Waals surface area contributed by atoms with Gasteiger partial charge in [-0.3, -0.25) is 4.79 Å². The number of esters is 1. The van der Waals surface area contributed by atoms with Crippen molar-refractivity contribution in [2.24, 2.45) is 23.2 Å². The Bertz CT molecular complexity index is 665. The van der Waals surface area contributed by atoms with Gasteiger partial charge in [0.25, 0.3) is 0 Å². The third-order valence-electron chi connectivity index (χ3n) is 6.11. The van der Waals surface area contributed by atoms with Gasteiger partial charge >= 0.3 is 5.97 Å². The van der Waals surface area contributed by atoms with Gasteiger partial charge in [0.1, 0.15) is 5.82 Å². The molecule has 24 heavy (non-hydrogen) atoms. The average Bonchev–Trinajstić information content (AvgIpc) is 2.53. The number of halogens is 2. The number of rotatable bonds is 4. The summed E-state index contributed by atoms with van der Waals surface area (Å²) in [7, 11) is 0. The van der Waals surface area contributed by atoms with Gasteiger partial charge in [0.15, 0.2) is 12.4 Å². The summed E-state index contributed by atoms with van der Waals surface area (Å²) in [6, 6.07) is 3.72. The SMILES string of the molecule is O=C(OCC(=O)C12CC3CC(CC(C3)C1)C2)c1cc(Cl)ccc1F. The molecule has 0 radical (unpaired) electrons. The van der Waals surface area contributed by atoms with E-state index in [9.17, 15) is 14.0 Å². The average molecular weight is 351 g/mol. The van der Waals surface area contributed by atoms with Gasteiger partial charge in [-0.15, -0.1) is 0 Å². The lowest BCUT2D eigenvalue weighted by atomic mass is 9.48. The van der Waals surface area contributed by atoms with Crippen molar-refractivity contribution >= 4 is 23.4 Å². The van der Waals surface area contributed by atoms with Crippen LogP contribution in [-0.4, -0.2) is 18.4 Å². The first-order valence-electron chi connectivity index (χ1n) is 8.61. The molecule has 3 nitrogen and oxygen atoms in total. The van der Waals surface area contributed by atoms with Gasteiger partial charge in [0.05, 0.1) is 5.56 Å². The van der Waals surface area contributed by atoms with E-state index in [0.29, 0.717) is 17.8 Å². The molecule has 0 saturated heterocycles. The highest BCUT2D eigenvalue weighted by atomic mass is 35.5. The minimum Gasteiger partial charge on any atom is -0.454 e. The van der Waals surface area contributed by atoms with E-state index in [1.807, 2.05) is 0 Å². The van der Waals surface area contributed by atoms with Gasteiger partial charge < -0.3 is 4.74 Å². The molecule has 4 saturated carbocycles. The first-order valence-corrected chi connectivity index (χ1v) is 8.98. The van der Waals surface area contributed by atoms with Gasteiger partial charge in [-0.25, -0.2) is 9.18 Å². The fraction of sp³-hybridized carbons (Fsp3) is 0.579. The predicted octanol–water partition coefficient (Wildman–Crippen LogP) is 4.42. The summed E-state index contributed by atoms with van der Waals surface area (Å²) >= 11 is 5.79. The third kappa shape index (κ3) is 2.75. The van der Waals surface area contributed by atoms with Crippen LogP contribution in [0.15, 0.2) is 18.2 Å². The Morgan fingerprint density at radius 3 is 2.29 bits per heavy atom. The van der Waals surface area contributed by atoms with Crippen LogP contribution < -0.4 is 0 Å². The van der Waals surface area contributed by atoms with E-state index in [4.69, 9.17) is 16.3 Å². The third-order valence-corrected chi connectivity index (χ3v) is 6.35. The van der Waals surface area contributed by atoms with Crippen molar-refractivity contribution in [2.45, 2.75) is 38.5 Å². The van der Waals surface area contributed by atoms with E-state index < -0.39 is 11.8 Å². The Hall–Kier alpha value is -1.42. The molecule has 1 aromatic rings. The number of carbonyl (C=O) groups is 2. The van der Waals surface area contributed by atoms with E-state index >= 15 is 0 Å². The van der Waals surface area contributed by atoms with Crippen molar-refractivity contribution < 1.29 is 18.7 Å². The fourth-order valence-electron chi connectivity index (χ4n) is 5.47. The molecule has 4 aliphatic carbocycles. The molecule has 0 N–H and O–H groups in total. The molecule has 5 rings (SSSR count). The number of hydrogen-bond acceptors (Lipinski definition) is 3. The lowest BCUT2D eigenvalue weighted by molar-refractivity contribution is -0.147. The normalized spacial score (nSPS) is 33.5. The number of benzene rings is 1. The Kier molecular flexibility index (Phi) is 3.91. The van der Waals surface area contributed by atoms with Gasteiger partial charge in [-0.05, 0) is 74.5 Å². The summed E-state index contributed by atoms with van der Waals surface area (Å²) in [4.78, 5) is 24.9. The highest BCUT2D eigenvalue weighted by Gasteiger charge is 2.54. The number of carbonyl (C=O) groups excluding carboxylic acids is 2. The minimum atomic E-state index is -0.826. The van der Waals surface area contributed by atoms with Crippen LogP contribution in [-0.2, 0) is 9.53 Å². The van der Waals surface area contributed by atoms with E-state index in [0.717, 1.165) is 25.3 Å². The number of hydrogen-bond donors (Lipinski definition) is 0. The zero-order chi connectivity index (χ0) is 16.9. The van der Waals surface area contributed by atoms with Crippen LogP contribution in [0, 0.1) is 29.0 Å². The summed E-state index contributed by atoms with van der Waals surface area (Å²) in [5, 5.41) is 0.260. The second-order valence-electron chi connectivity index (χ2n) is 7.82. The van der Waals surface area contributed by atoms with Crippen LogP contribution in [0.1, 0.15) is 48.9 Å². The van der Waals surface area contributed by atoms with Gasteiger partial charge in [-0.1, -0.05) is 11.6 Å². The molecule has 0 amide bonds. The summed E-state index contributed by atoms with van der Waals surface area (Å²) < 4.78 is 18.8. The monoisotopic (exact) mass is 350 g/mol. The molecule has 4 bridgehead atoms. The fourth-order valence-corrected chi connectivity index (χ4v) is 5.64. The molecule has 4 aliphatic rings. The number of ketones is 1. The Balaban J connectivity index is 1.43. The number of Topliss-reactive ketones (excluding diaryl/α,β-unsaturated/α-hetero) is 1. The molecular formula is C19H20ClFO3. The topological polar surface area (TPSA) is 43.4 Å². The summed E-state index contributed by atoms with van der Waals surface area (Å²) in [6.45, 7) is -0.267. The van der Waals surface area contributed by atoms with Crippen molar-refractivity contribution in [3.8, 4) is 0 Å². The van der Waals surface area contributed by atoms with E-state index in [-0.39, 0.29) is 28.4 Å². The van der Waals surface area contributed by atoms with Crippen LogP contribution in [0.2, 0.25) is 5.02 Å². The van der Waals surface area contributed by atoms with E-state index in [1.54, 1.807) is 0 Å². The molecule has 1 aromatic carbocycles. The van der Waals surface area contributed by atoms with Crippen molar-refractivity contribution in [2.75, 3.05) is 6.61 Å². The minimum absolute atomic E-state index is 0.0115. The Morgan fingerprint density at radius 1 is 1.12 bits per heavy atom. The second-order valence-corrected chi connectivity index (χ2v) is 8.26. The van der Waals surface area contributed by atoms with Crippen molar-refractivity contribution in [3.63, 3.8) is 0 Å². The van der Waals surface area contributed by atoms with Gasteiger partial charge in [-0.2, -0.15) is 0 Å². The molecule has 0 aliphatic heterocycles. The smallest absolute Gasteiger partial charge is 0.341 e. The predicted molar refractivity (Wildman–Crippen MR) is 87.3 cm³/mol. The van der Waals surface area contributed by atoms with Gasteiger partial charge in [0.2, 0.25) is 0 Å². The van der Waals surface area contributed by atoms with Crippen LogP contribution in [0.4, 0.5) is 4.39 Å². The standard InChI is InChI=1S/C19H20ClFO3/c20-14-1-2-16(21)15(6-14)18(23)24-10-17(22)19-7-11-3-12(8-19)5-13(4-11)9-19/h1-2,6,11-13H,3-5,7-10H2. The Labute approximate surface area is 145 Å². The maximum Gasteiger partial charge on any atom is 0.341 e. The lowest BCUT2D eigenvalue weighted by Crippen LogP contribution is -2.51. The van der Waals surface area contributed by atoms with E-state index in [2.05, 4.69) is 0 Å². The van der Waals surface area contributed by atoms with Gasteiger partial charge in [0, 0.05) is 10.4 Å². The molecule has 0 atom stereocenters. The molecular weight excluding hydrogens is 331 g/mol. The van der Waals surface area contributed by atoms with Crippen molar-refractivity contribution in [1.29, 1.82) is 0 Å². The summed E-state index contributed by atoms with van der Waals surface area (Å²) in [5.74, 6) is 0.459. The van der Waals surface area contributed by atoms with Crippen molar-refractivity contribution in [3.05, 3.63) is 34.6 Å². The molecule has 128 valence electrons. The molecule has 0 aromatic heterocycles. The van der Waals surface area contributed by atoms with Crippen LogP contribution in [0.3, 0.4) is 0 Å². The van der Waals surface area contributed by atoms with Crippen LogP contribution >= 0.6 is 11.6 Å². The van der Waals surface area contributed by atoms with E-state index in [1.165, 1.54) is 31.4 Å². The molecule has 0 unspecified atom stereocenters. The summed E-state index contributed by atoms with van der Waals surface area (Å²) in [5.41, 5.74) is -0.525. The largest absolute Gasteiger partial charge is 0.454 e. The highest BCUT2D eigenvalue weighted by Crippen LogP contribution is 2.60. The molecule has 0 spiro atoms. The zero-order valence-electron chi connectivity index (χ0n) is 13.4. The summed E-state index contributed by atoms with van der Waals surface area (Å²) in [6.07, 6.45) is 6.54. The van der Waals surface area contributed by atoms with Crippen molar-refractivity contribution in [1.82, 2.24) is 0 Å². The molecule has 0 heterocycles. The molecule has 4 fully saturated rings. The maximum absolute atomic E-state index is 13.7. The Morgan fingerprint density at radius 2 is 1.71 bits per heavy atom. The zero-order valence-corrected chi connectivity index (χ0v) is 14.2. The first-order chi connectivity index (χ1) is 11.4. The maximum atomic E-state index is 13.7. The lowest BCUT2D eigenvalue weighted by Gasteiger charge is -2.55.